The number of ether oxygens (including phenoxy) is 1. The fraction of sp³-hybridized carbons (Fsp3) is 0.600. The highest BCUT2D eigenvalue weighted by atomic mass is 79.9. The normalized spacial score (nSPS) is 35.4. The number of alkyl halides is 1. The summed E-state index contributed by atoms with van der Waals surface area (Å²) in [5.74, 6) is 0.963. The molecule has 4 nitrogen and oxygen atoms in total. The van der Waals surface area contributed by atoms with Gasteiger partial charge in [-0.3, -0.25) is 9.59 Å². The van der Waals surface area contributed by atoms with Crippen LogP contribution >= 0.6 is 15.9 Å². The number of rotatable bonds is 5. The zero-order valence-corrected chi connectivity index (χ0v) is 15.9. The molecule has 4 saturated carbocycles. The molecule has 25 heavy (non-hydrogen) atoms. The minimum absolute atomic E-state index is 0.0436. The molecule has 5 heteroatoms. The highest BCUT2D eigenvalue weighted by Crippen LogP contribution is 2.64. The average molecular weight is 406 g/mol. The number of esters is 1. The molecule has 2 atom stereocenters. The molecule has 5 rings (SSSR count). The molecule has 134 valence electrons. The van der Waals surface area contributed by atoms with Crippen LogP contribution in [0.4, 0.5) is 0 Å². The number of carbonyl (C=O) groups is 2. The standard InChI is InChI=1S/C20H24BrNO3/c21-20-9-15-6-16(10-20)8-19(7-15,13-20)18(24)22-11-17(23)25-12-14-4-2-1-3-5-14/h1-5,15-16H,6-13H2,(H,22,24). The molecule has 4 fully saturated rings. The lowest BCUT2D eigenvalue weighted by atomic mass is 9.49. The number of carbonyl (C=O) groups excluding carboxylic acids is 2. The largest absolute Gasteiger partial charge is 0.460 e. The van der Waals surface area contributed by atoms with E-state index in [1.807, 2.05) is 30.3 Å². The van der Waals surface area contributed by atoms with Crippen LogP contribution in [-0.4, -0.2) is 22.7 Å². The summed E-state index contributed by atoms with van der Waals surface area (Å²) >= 11 is 3.92. The van der Waals surface area contributed by atoms with Gasteiger partial charge in [-0.05, 0) is 55.9 Å². The third kappa shape index (κ3) is 3.48. The summed E-state index contributed by atoms with van der Waals surface area (Å²) < 4.78 is 5.40. The molecule has 0 aliphatic heterocycles. The van der Waals surface area contributed by atoms with Crippen LogP contribution in [0.2, 0.25) is 0 Å². The van der Waals surface area contributed by atoms with E-state index in [0.29, 0.717) is 11.8 Å². The van der Waals surface area contributed by atoms with Gasteiger partial charge in [-0.2, -0.15) is 0 Å². The summed E-state index contributed by atoms with van der Waals surface area (Å²) in [5.41, 5.74) is 0.664. The van der Waals surface area contributed by atoms with E-state index < -0.39 is 0 Å². The summed E-state index contributed by atoms with van der Waals surface area (Å²) in [4.78, 5) is 24.8. The second-order valence-electron chi connectivity index (χ2n) is 8.22. The number of benzene rings is 1. The molecular weight excluding hydrogens is 382 g/mol. The van der Waals surface area contributed by atoms with Gasteiger partial charge in [0.1, 0.15) is 13.2 Å². The number of halogens is 1. The quantitative estimate of drug-likeness (QED) is 0.601. The van der Waals surface area contributed by atoms with Crippen molar-refractivity contribution in [3.63, 3.8) is 0 Å². The maximum Gasteiger partial charge on any atom is 0.325 e. The topological polar surface area (TPSA) is 55.4 Å². The molecule has 0 aromatic heterocycles. The van der Waals surface area contributed by atoms with Gasteiger partial charge in [0.2, 0.25) is 5.91 Å². The molecule has 0 saturated heterocycles. The molecule has 1 aromatic carbocycles. The lowest BCUT2D eigenvalue weighted by molar-refractivity contribution is -0.150. The third-order valence-corrected chi connectivity index (χ3v) is 7.04. The van der Waals surface area contributed by atoms with Crippen molar-refractivity contribution >= 4 is 27.8 Å². The van der Waals surface area contributed by atoms with Crippen molar-refractivity contribution in [2.24, 2.45) is 17.3 Å². The van der Waals surface area contributed by atoms with Crippen LogP contribution < -0.4 is 5.32 Å². The highest BCUT2D eigenvalue weighted by molar-refractivity contribution is 9.10. The number of hydrogen-bond acceptors (Lipinski definition) is 3. The number of nitrogens with one attached hydrogen (secondary N) is 1. The molecule has 0 spiro atoms. The van der Waals surface area contributed by atoms with E-state index in [1.54, 1.807) is 0 Å². The lowest BCUT2D eigenvalue weighted by Crippen LogP contribution is -2.58. The molecule has 4 aliphatic rings. The summed E-state index contributed by atoms with van der Waals surface area (Å²) in [5, 5.41) is 2.86. The van der Waals surface area contributed by atoms with Crippen LogP contribution in [0, 0.1) is 17.3 Å². The van der Waals surface area contributed by atoms with Crippen molar-refractivity contribution in [2.45, 2.75) is 49.5 Å². The molecule has 2 unspecified atom stereocenters. The van der Waals surface area contributed by atoms with Gasteiger partial charge in [-0.15, -0.1) is 0 Å². The average Bonchev–Trinajstić information content (AvgIpc) is 2.56. The SMILES string of the molecule is O=C(CNC(=O)C12CC3CC(CC(Br)(C3)C1)C2)OCc1ccccc1. The Hall–Kier alpha value is -1.36. The second kappa shape index (κ2) is 6.42. The predicted molar refractivity (Wildman–Crippen MR) is 98.0 cm³/mol. The van der Waals surface area contributed by atoms with Crippen molar-refractivity contribution in [3.05, 3.63) is 35.9 Å². The second-order valence-corrected chi connectivity index (χ2v) is 9.90. The number of amides is 1. The van der Waals surface area contributed by atoms with E-state index in [-0.39, 0.29) is 34.8 Å². The van der Waals surface area contributed by atoms with E-state index in [0.717, 1.165) is 24.8 Å². The van der Waals surface area contributed by atoms with E-state index in [2.05, 4.69) is 21.2 Å². The minimum atomic E-state index is -0.379. The molecule has 1 amide bonds. The van der Waals surface area contributed by atoms with E-state index in [1.165, 1.54) is 19.3 Å². The Labute approximate surface area is 156 Å². The van der Waals surface area contributed by atoms with Crippen LogP contribution in [0.15, 0.2) is 30.3 Å². The van der Waals surface area contributed by atoms with Gasteiger partial charge in [0, 0.05) is 4.32 Å². The van der Waals surface area contributed by atoms with E-state index >= 15 is 0 Å². The Kier molecular flexibility index (Phi) is 4.38. The molecule has 4 aliphatic carbocycles. The zero-order chi connectivity index (χ0) is 17.5. The molecule has 0 heterocycles. The van der Waals surface area contributed by atoms with E-state index in [4.69, 9.17) is 4.74 Å². The van der Waals surface area contributed by atoms with Crippen molar-refractivity contribution < 1.29 is 14.3 Å². The summed E-state index contributed by atoms with van der Waals surface area (Å²) in [6.45, 7) is 0.202. The lowest BCUT2D eigenvalue weighted by Gasteiger charge is -2.59. The van der Waals surface area contributed by atoms with Crippen molar-refractivity contribution in [3.8, 4) is 0 Å². The first-order valence-electron chi connectivity index (χ1n) is 9.13. The van der Waals surface area contributed by atoms with Crippen molar-refractivity contribution in [1.29, 1.82) is 0 Å². The van der Waals surface area contributed by atoms with Crippen LogP contribution in [0.3, 0.4) is 0 Å². The smallest absolute Gasteiger partial charge is 0.325 e. The molecule has 1 N–H and O–H groups in total. The number of hydrogen-bond donors (Lipinski definition) is 1. The first-order valence-corrected chi connectivity index (χ1v) is 9.93. The van der Waals surface area contributed by atoms with E-state index in [9.17, 15) is 9.59 Å². The monoisotopic (exact) mass is 405 g/mol. The molecule has 4 bridgehead atoms. The van der Waals surface area contributed by atoms with Gasteiger partial charge in [0.25, 0.3) is 0 Å². The van der Waals surface area contributed by atoms with Gasteiger partial charge in [-0.25, -0.2) is 0 Å². The Morgan fingerprint density at radius 2 is 1.80 bits per heavy atom. The van der Waals surface area contributed by atoms with Crippen molar-refractivity contribution in [2.75, 3.05) is 6.54 Å². The van der Waals surface area contributed by atoms with Crippen LogP contribution in [0.5, 0.6) is 0 Å². The van der Waals surface area contributed by atoms with Gasteiger partial charge < -0.3 is 10.1 Å². The Balaban J connectivity index is 1.31. The van der Waals surface area contributed by atoms with Gasteiger partial charge in [0.15, 0.2) is 0 Å². The summed E-state index contributed by atoms with van der Waals surface area (Å²) in [6.07, 6.45) is 6.50. The molecule has 0 radical (unpaired) electrons. The Bertz CT molecular complexity index is 661. The van der Waals surface area contributed by atoms with Crippen LogP contribution in [0.25, 0.3) is 0 Å². The van der Waals surface area contributed by atoms with Crippen LogP contribution in [-0.2, 0) is 20.9 Å². The predicted octanol–water partition coefficient (Wildman–Crippen LogP) is 3.58. The molecule has 1 aromatic rings. The minimum Gasteiger partial charge on any atom is -0.460 e. The summed E-state index contributed by atoms with van der Waals surface area (Å²) in [7, 11) is 0. The van der Waals surface area contributed by atoms with Crippen LogP contribution in [0.1, 0.15) is 44.1 Å². The third-order valence-electron chi connectivity index (χ3n) is 6.11. The summed E-state index contributed by atoms with van der Waals surface area (Å²) in [6, 6.07) is 9.57. The fourth-order valence-corrected chi connectivity index (χ4v) is 7.00. The van der Waals surface area contributed by atoms with Gasteiger partial charge >= 0.3 is 5.97 Å². The first kappa shape index (κ1) is 17.1. The molecular formula is C20H24BrNO3. The van der Waals surface area contributed by atoms with Gasteiger partial charge in [-0.1, -0.05) is 46.3 Å². The highest BCUT2D eigenvalue weighted by Gasteiger charge is 2.59. The zero-order valence-electron chi connectivity index (χ0n) is 14.3. The first-order chi connectivity index (χ1) is 12.0. The Morgan fingerprint density at radius 3 is 2.44 bits per heavy atom. The Morgan fingerprint density at radius 1 is 1.12 bits per heavy atom. The van der Waals surface area contributed by atoms with Crippen molar-refractivity contribution in [1.82, 2.24) is 5.32 Å². The fourth-order valence-electron chi connectivity index (χ4n) is 5.55. The maximum atomic E-state index is 12.9. The van der Waals surface area contributed by atoms with Gasteiger partial charge in [0.05, 0.1) is 5.41 Å². The maximum absolute atomic E-state index is 12.9.